The molecule has 5 rings (SSSR count). The maximum absolute atomic E-state index is 14.2. The van der Waals surface area contributed by atoms with Crippen molar-refractivity contribution in [3.8, 4) is 5.75 Å². The molecule has 3 aliphatic rings. The summed E-state index contributed by atoms with van der Waals surface area (Å²) < 4.78 is 36.4. The second-order valence-corrected chi connectivity index (χ2v) is 12.6. The molecule has 1 saturated heterocycles. The molecule has 2 aromatic rings. The molecule has 36 heavy (non-hydrogen) atoms. The Morgan fingerprint density at radius 1 is 1.36 bits per heavy atom. The average Bonchev–Trinajstić information content (AvgIpc) is 3.31. The number of carbonyl (C=O) groups is 1. The minimum Gasteiger partial charge on any atom is -0.588 e. The first-order chi connectivity index (χ1) is 16.9. The summed E-state index contributed by atoms with van der Waals surface area (Å²) in [6, 6.07) is 7.70. The summed E-state index contributed by atoms with van der Waals surface area (Å²) in [5.74, 6) is -0.679. The number of β-amino-alcohol motifs (C(OH)–C–C–N with tert-alkyl or cyclic N) is 1. The molecular formula is C27H33FN2O5S. The van der Waals surface area contributed by atoms with Gasteiger partial charge >= 0.3 is 5.97 Å². The number of aliphatic hydroxyl groups is 1. The number of rotatable bonds is 8. The maximum atomic E-state index is 14.2. The molecule has 194 valence electrons. The van der Waals surface area contributed by atoms with Crippen molar-refractivity contribution in [2.75, 3.05) is 31.0 Å². The van der Waals surface area contributed by atoms with Crippen LogP contribution < -0.4 is 9.46 Å². The van der Waals surface area contributed by atoms with Gasteiger partial charge in [0.1, 0.15) is 34.2 Å². The van der Waals surface area contributed by atoms with Crippen molar-refractivity contribution in [2.24, 2.45) is 11.3 Å². The molecule has 0 aromatic heterocycles. The summed E-state index contributed by atoms with van der Waals surface area (Å²) in [6.45, 7) is 8.33. The number of hydrogen-bond acceptors (Lipinski definition) is 6. The van der Waals surface area contributed by atoms with Crippen LogP contribution in [-0.2, 0) is 17.8 Å². The molecule has 2 fully saturated rings. The first kappa shape index (κ1) is 25.3. The smallest absolute Gasteiger partial charge is 0.341 e. The van der Waals surface area contributed by atoms with Crippen molar-refractivity contribution >= 4 is 23.0 Å². The topological polar surface area (TPSA) is 105 Å². The molecule has 2 aromatic carbocycles. The number of nitrogens with zero attached hydrogens (tertiary/aromatic N) is 1. The van der Waals surface area contributed by atoms with Gasteiger partial charge in [0.05, 0.1) is 12.2 Å². The van der Waals surface area contributed by atoms with Gasteiger partial charge in [-0.1, -0.05) is 13.0 Å². The van der Waals surface area contributed by atoms with Gasteiger partial charge in [0.2, 0.25) is 0 Å². The lowest BCUT2D eigenvalue weighted by atomic mass is 9.95. The van der Waals surface area contributed by atoms with E-state index in [4.69, 9.17) is 4.74 Å². The highest BCUT2D eigenvalue weighted by molar-refractivity contribution is 7.92. The molecule has 7 nitrogen and oxygen atoms in total. The van der Waals surface area contributed by atoms with Gasteiger partial charge < -0.3 is 24.4 Å². The Morgan fingerprint density at radius 3 is 2.86 bits per heavy atom. The zero-order valence-electron chi connectivity index (χ0n) is 20.8. The molecule has 4 atom stereocenters. The molecule has 1 saturated carbocycles. The van der Waals surface area contributed by atoms with Gasteiger partial charge in [-0.3, -0.25) is 0 Å². The van der Waals surface area contributed by atoms with Gasteiger partial charge in [-0.15, -0.1) is 0 Å². The van der Waals surface area contributed by atoms with Gasteiger partial charge in [-0.2, -0.15) is 0 Å². The predicted molar refractivity (Wildman–Crippen MR) is 135 cm³/mol. The monoisotopic (exact) mass is 516 g/mol. The van der Waals surface area contributed by atoms with Crippen molar-refractivity contribution in [3.05, 3.63) is 52.8 Å². The first-order valence-electron chi connectivity index (χ1n) is 12.4. The molecule has 9 heteroatoms. The van der Waals surface area contributed by atoms with Gasteiger partial charge in [0, 0.05) is 24.1 Å². The molecule has 0 amide bonds. The number of aromatic carboxylic acids is 1. The molecule has 0 bridgehead atoms. The summed E-state index contributed by atoms with van der Waals surface area (Å²) in [6.07, 6.45) is 2.41. The minimum absolute atomic E-state index is 0.0171. The van der Waals surface area contributed by atoms with Crippen molar-refractivity contribution < 1.29 is 28.7 Å². The highest BCUT2D eigenvalue weighted by atomic mass is 32.2. The lowest BCUT2D eigenvalue weighted by molar-refractivity contribution is 0.0428. The van der Waals surface area contributed by atoms with Crippen molar-refractivity contribution in [1.29, 1.82) is 0 Å². The van der Waals surface area contributed by atoms with Crippen molar-refractivity contribution in [1.82, 2.24) is 4.90 Å². The third kappa shape index (κ3) is 5.07. The standard InChI is InChI=1S/C27H33FN2O5S/c1-26(2,33)14-30-9-8-16(13-30)10-17-11-18(28)4-7-22(17)36(34)29-21-6-5-19-20-12-27(20,3)15-35-24(19)23(21)25(31)32/h4-7,11,16,20,29,33H,8-10,12-15H2,1-3H3,(H,31,32)/t16-,20+,27-,36?/m0/s1. The van der Waals surface area contributed by atoms with Crippen molar-refractivity contribution in [3.63, 3.8) is 0 Å². The van der Waals surface area contributed by atoms with Crippen LogP contribution in [0.5, 0.6) is 5.75 Å². The van der Waals surface area contributed by atoms with E-state index in [1.54, 1.807) is 19.9 Å². The van der Waals surface area contributed by atoms with Crippen LogP contribution in [-0.4, -0.2) is 57.5 Å². The Bertz CT molecular complexity index is 1190. The Balaban J connectivity index is 1.36. The summed E-state index contributed by atoms with van der Waals surface area (Å²) in [4.78, 5) is 14.8. The Morgan fingerprint density at radius 2 is 2.14 bits per heavy atom. The van der Waals surface area contributed by atoms with Crippen LogP contribution in [0.15, 0.2) is 35.2 Å². The number of anilines is 1. The van der Waals surface area contributed by atoms with Crippen LogP contribution in [0.2, 0.25) is 0 Å². The van der Waals surface area contributed by atoms with Gasteiger partial charge in [0.25, 0.3) is 0 Å². The second-order valence-electron chi connectivity index (χ2n) is 11.4. The molecule has 2 heterocycles. The van der Waals surface area contributed by atoms with E-state index >= 15 is 0 Å². The van der Waals surface area contributed by atoms with E-state index in [1.807, 2.05) is 6.07 Å². The van der Waals surface area contributed by atoms with Gasteiger partial charge in [0.15, 0.2) is 4.90 Å². The summed E-state index contributed by atoms with van der Waals surface area (Å²) >= 11 is -1.80. The normalized spacial score (nSPS) is 26.1. The molecule has 1 unspecified atom stereocenters. The summed E-state index contributed by atoms with van der Waals surface area (Å²) in [5, 5.41) is 20.1. The third-order valence-corrected chi connectivity index (χ3v) is 8.79. The van der Waals surface area contributed by atoms with Gasteiger partial charge in [-0.05, 0) is 81.3 Å². The lowest BCUT2D eigenvalue weighted by Crippen LogP contribution is -2.37. The SMILES string of the molecule is CC(C)(O)CN1CC[C@@H](Cc2cc(F)ccc2[S+]([O-])Nc2ccc3c(c2C(=O)O)OC[C@]2(C)C[C@H]32)C1. The quantitative estimate of drug-likeness (QED) is 0.452. The zero-order valence-corrected chi connectivity index (χ0v) is 21.7. The minimum atomic E-state index is -1.80. The van der Waals surface area contributed by atoms with Gasteiger partial charge in [-0.25, -0.2) is 13.9 Å². The van der Waals surface area contributed by atoms with E-state index in [2.05, 4.69) is 16.5 Å². The van der Waals surface area contributed by atoms with E-state index in [0.29, 0.717) is 35.8 Å². The summed E-state index contributed by atoms with van der Waals surface area (Å²) in [7, 11) is 0. The number of carboxylic acid groups (broad SMARTS) is 1. The average molecular weight is 517 g/mol. The molecule has 1 aliphatic carbocycles. The van der Waals surface area contributed by atoms with E-state index in [-0.39, 0.29) is 28.5 Å². The van der Waals surface area contributed by atoms with Crippen LogP contribution in [0.1, 0.15) is 61.0 Å². The van der Waals surface area contributed by atoms with E-state index < -0.39 is 28.7 Å². The van der Waals surface area contributed by atoms with Crippen LogP contribution in [0, 0.1) is 17.2 Å². The molecule has 0 spiro atoms. The Labute approximate surface area is 214 Å². The maximum Gasteiger partial charge on any atom is 0.341 e. The molecular weight excluding hydrogens is 483 g/mol. The van der Waals surface area contributed by atoms with E-state index in [1.165, 1.54) is 18.2 Å². The number of ether oxygens (including phenoxy) is 1. The van der Waals surface area contributed by atoms with Crippen LogP contribution >= 0.6 is 0 Å². The fourth-order valence-electron chi connectivity index (χ4n) is 5.74. The number of benzene rings is 2. The number of nitrogens with one attached hydrogen (secondary N) is 1. The zero-order chi connectivity index (χ0) is 25.8. The predicted octanol–water partition coefficient (Wildman–Crippen LogP) is 4.18. The molecule has 3 N–H and O–H groups in total. The highest BCUT2D eigenvalue weighted by Gasteiger charge is 2.55. The first-order valence-corrected chi connectivity index (χ1v) is 13.5. The largest absolute Gasteiger partial charge is 0.588 e. The number of hydrogen-bond donors (Lipinski definition) is 3. The number of halogens is 1. The third-order valence-electron chi connectivity index (χ3n) is 7.59. The number of likely N-dealkylation sites (tertiary alicyclic amines) is 1. The highest BCUT2D eigenvalue weighted by Crippen LogP contribution is 2.64. The Hall–Kier alpha value is -2.33. The van der Waals surface area contributed by atoms with Crippen LogP contribution in [0.4, 0.5) is 10.1 Å². The van der Waals surface area contributed by atoms with E-state index in [0.717, 1.165) is 31.5 Å². The second kappa shape index (κ2) is 9.20. The molecule has 2 aliphatic heterocycles. The van der Waals surface area contributed by atoms with Crippen molar-refractivity contribution in [2.45, 2.75) is 56.4 Å². The van der Waals surface area contributed by atoms with Crippen LogP contribution in [0.3, 0.4) is 0 Å². The number of carboxylic acids is 1. The van der Waals surface area contributed by atoms with Crippen LogP contribution in [0.25, 0.3) is 0 Å². The Kier molecular flexibility index (Phi) is 6.47. The summed E-state index contributed by atoms with van der Waals surface area (Å²) in [5.41, 5.74) is 0.996. The van der Waals surface area contributed by atoms with E-state index in [9.17, 15) is 24.0 Å². The fourth-order valence-corrected chi connectivity index (χ4v) is 6.79. The molecule has 0 radical (unpaired) electrons. The number of fused-ring (bicyclic) bond motifs is 3. The lowest BCUT2D eigenvalue weighted by Gasteiger charge is -2.25. The fraction of sp³-hybridized carbons (Fsp3) is 0.519.